The van der Waals surface area contributed by atoms with Crippen molar-refractivity contribution in [3.05, 3.63) is 81.9 Å². The van der Waals surface area contributed by atoms with Gasteiger partial charge in [0.1, 0.15) is 5.82 Å². The summed E-state index contributed by atoms with van der Waals surface area (Å²) in [5.41, 5.74) is 2.33. The van der Waals surface area contributed by atoms with E-state index in [2.05, 4.69) is 15.7 Å². The van der Waals surface area contributed by atoms with Crippen LogP contribution in [0, 0.1) is 15.9 Å². The Kier molecular flexibility index (Phi) is 5.53. The van der Waals surface area contributed by atoms with E-state index >= 15 is 0 Å². The lowest BCUT2D eigenvalue weighted by atomic mass is 9.91. The van der Waals surface area contributed by atoms with Gasteiger partial charge in [-0.2, -0.15) is 5.10 Å². The van der Waals surface area contributed by atoms with Crippen LogP contribution >= 0.6 is 0 Å². The average molecular weight is 409 g/mol. The van der Waals surface area contributed by atoms with E-state index in [0.717, 1.165) is 31.6 Å². The summed E-state index contributed by atoms with van der Waals surface area (Å²) in [6, 6.07) is 11.6. The predicted molar refractivity (Wildman–Crippen MR) is 109 cm³/mol. The van der Waals surface area contributed by atoms with Crippen molar-refractivity contribution >= 4 is 17.3 Å². The molecule has 0 aliphatic carbocycles. The molecule has 4 rings (SSSR count). The quantitative estimate of drug-likeness (QED) is 0.495. The summed E-state index contributed by atoms with van der Waals surface area (Å²) in [6.07, 6.45) is 3.20. The normalized spacial score (nSPS) is 14.4. The number of amides is 1. The van der Waals surface area contributed by atoms with E-state index in [0.29, 0.717) is 16.9 Å². The minimum absolute atomic E-state index is 0.0106. The summed E-state index contributed by atoms with van der Waals surface area (Å²) >= 11 is 0. The summed E-state index contributed by atoms with van der Waals surface area (Å²) in [5, 5.41) is 21.5. The van der Waals surface area contributed by atoms with E-state index in [1.165, 1.54) is 42.6 Å². The van der Waals surface area contributed by atoms with Crippen LogP contribution in [-0.2, 0) is 0 Å². The minimum Gasteiger partial charge on any atom is -0.322 e. The number of nitrogens with zero attached hydrogens (tertiary/aromatic N) is 3. The van der Waals surface area contributed by atoms with E-state index in [1.807, 2.05) is 0 Å². The van der Waals surface area contributed by atoms with E-state index < -0.39 is 4.92 Å². The lowest BCUT2D eigenvalue weighted by Crippen LogP contribution is -2.29. The molecule has 2 aromatic carbocycles. The van der Waals surface area contributed by atoms with Gasteiger partial charge in [0, 0.05) is 23.7 Å². The topological polar surface area (TPSA) is 102 Å². The summed E-state index contributed by atoms with van der Waals surface area (Å²) in [6.45, 7) is 1.66. The lowest BCUT2D eigenvalue weighted by Gasteiger charge is -2.24. The summed E-state index contributed by atoms with van der Waals surface area (Å²) in [7, 11) is 0. The third-order valence-corrected chi connectivity index (χ3v) is 5.18. The number of nitrogens with one attached hydrogen (secondary N) is 2. The smallest absolute Gasteiger partial charge is 0.269 e. The maximum atomic E-state index is 13.1. The maximum Gasteiger partial charge on any atom is 0.269 e. The highest BCUT2D eigenvalue weighted by molar-refractivity contribution is 6.05. The zero-order valence-corrected chi connectivity index (χ0v) is 16.0. The molecule has 0 radical (unpaired) electrons. The number of nitro benzene ring substituents is 1. The van der Waals surface area contributed by atoms with Gasteiger partial charge in [-0.05, 0) is 62.3 Å². The van der Waals surface area contributed by atoms with Gasteiger partial charge in [-0.1, -0.05) is 0 Å². The molecule has 1 aliphatic rings. The number of hydrogen-bond donors (Lipinski definition) is 2. The first kappa shape index (κ1) is 19.7. The van der Waals surface area contributed by atoms with Crippen LogP contribution in [-0.4, -0.2) is 33.7 Å². The fourth-order valence-electron chi connectivity index (χ4n) is 3.67. The fraction of sp³-hybridized carbons (Fsp3) is 0.238. The number of rotatable bonds is 5. The molecule has 8 nitrogen and oxygen atoms in total. The van der Waals surface area contributed by atoms with Crippen LogP contribution in [0.2, 0.25) is 0 Å². The first-order valence-electron chi connectivity index (χ1n) is 9.63. The first-order valence-corrected chi connectivity index (χ1v) is 9.63. The molecule has 0 unspecified atom stereocenters. The molecular formula is C21H20FN5O3. The molecule has 9 heteroatoms. The van der Waals surface area contributed by atoms with Gasteiger partial charge in [-0.15, -0.1) is 0 Å². The Balaban J connectivity index is 1.70. The molecule has 154 valence electrons. The third-order valence-electron chi connectivity index (χ3n) is 5.18. The molecular weight excluding hydrogens is 389 g/mol. The van der Waals surface area contributed by atoms with Crippen molar-refractivity contribution in [1.29, 1.82) is 0 Å². The third kappa shape index (κ3) is 4.06. The fourth-order valence-corrected chi connectivity index (χ4v) is 3.67. The van der Waals surface area contributed by atoms with Gasteiger partial charge in [-0.3, -0.25) is 14.9 Å². The Morgan fingerprint density at radius 1 is 1.13 bits per heavy atom. The number of aromatic nitrogens is 2. The number of non-ortho nitro benzene ring substituents is 1. The summed E-state index contributed by atoms with van der Waals surface area (Å²) in [4.78, 5) is 23.5. The van der Waals surface area contributed by atoms with Gasteiger partial charge in [0.2, 0.25) is 0 Å². The number of benzene rings is 2. The van der Waals surface area contributed by atoms with Crippen molar-refractivity contribution in [2.24, 2.45) is 0 Å². The average Bonchev–Trinajstić information content (AvgIpc) is 3.21. The summed E-state index contributed by atoms with van der Waals surface area (Å²) in [5.74, 6) is -0.601. The molecule has 3 aromatic rings. The van der Waals surface area contributed by atoms with Crippen LogP contribution in [0.4, 0.5) is 15.8 Å². The molecule has 2 N–H and O–H groups in total. The lowest BCUT2D eigenvalue weighted by molar-refractivity contribution is -0.384. The van der Waals surface area contributed by atoms with Crippen molar-refractivity contribution in [3.63, 3.8) is 0 Å². The molecule has 0 spiro atoms. The molecule has 1 aliphatic heterocycles. The molecule has 0 atom stereocenters. The number of halogens is 1. The largest absolute Gasteiger partial charge is 0.322 e. The number of hydrogen-bond acceptors (Lipinski definition) is 5. The molecule has 2 heterocycles. The van der Waals surface area contributed by atoms with Crippen molar-refractivity contribution in [2.75, 3.05) is 18.4 Å². The second-order valence-electron chi connectivity index (χ2n) is 7.11. The number of nitro groups is 1. The highest BCUT2D eigenvalue weighted by Crippen LogP contribution is 2.31. The monoisotopic (exact) mass is 409 g/mol. The molecule has 1 aromatic heterocycles. The molecule has 1 amide bonds. The van der Waals surface area contributed by atoms with E-state index in [9.17, 15) is 19.3 Å². The van der Waals surface area contributed by atoms with Gasteiger partial charge >= 0.3 is 0 Å². The Morgan fingerprint density at radius 2 is 1.80 bits per heavy atom. The standard InChI is InChI=1S/C21H20FN5O3/c22-15-1-3-16(4-2-15)25-21(28)19-13-24-26(20(19)14-9-11-23-12-10-14)17-5-7-18(8-6-17)27(29)30/h1-8,13-14,23H,9-12H2,(H,25,28). The van der Waals surface area contributed by atoms with Crippen LogP contribution in [0.1, 0.15) is 34.8 Å². The predicted octanol–water partition coefficient (Wildman–Crippen LogP) is 3.64. The molecule has 0 saturated carbocycles. The maximum absolute atomic E-state index is 13.1. The Bertz CT molecular complexity index is 1060. The second-order valence-corrected chi connectivity index (χ2v) is 7.11. The Morgan fingerprint density at radius 3 is 2.43 bits per heavy atom. The van der Waals surface area contributed by atoms with E-state index in [1.54, 1.807) is 16.8 Å². The van der Waals surface area contributed by atoms with Gasteiger partial charge < -0.3 is 10.6 Å². The van der Waals surface area contributed by atoms with Crippen molar-refractivity contribution in [3.8, 4) is 5.69 Å². The van der Waals surface area contributed by atoms with Crippen molar-refractivity contribution in [1.82, 2.24) is 15.1 Å². The van der Waals surface area contributed by atoms with Crippen molar-refractivity contribution < 1.29 is 14.1 Å². The van der Waals surface area contributed by atoms with Gasteiger partial charge in [0.15, 0.2) is 0 Å². The Labute approximate surface area is 171 Å². The SMILES string of the molecule is O=C(Nc1ccc(F)cc1)c1cnn(-c2ccc([N+](=O)[O-])cc2)c1C1CCNCC1. The van der Waals surface area contributed by atoms with Gasteiger partial charge in [-0.25, -0.2) is 9.07 Å². The zero-order chi connectivity index (χ0) is 21.1. The second kappa shape index (κ2) is 8.42. The molecule has 30 heavy (non-hydrogen) atoms. The van der Waals surface area contributed by atoms with Crippen molar-refractivity contribution in [2.45, 2.75) is 18.8 Å². The van der Waals surface area contributed by atoms with Crippen LogP contribution in [0.3, 0.4) is 0 Å². The van der Waals surface area contributed by atoms with Gasteiger partial charge in [0.05, 0.1) is 28.1 Å². The van der Waals surface area contributed by atoms with E-state index in [4.69, 9.17) is 0 Å². The molecule has 0 bridgehead atoms. The number of carbonyl (C=O) groups excluding carboxylic acids is 1. The van der Waals surface area contributed by atoms with E-state index in [-0.39, 0.29) is 23.3 Å². The Hall–Kier alpha value is -3.59. The number of piperidine rings is 1. The van der Waals surface area contributed by atoms with Crippen LogP contribution in [0.5, 0.6) is 0 Å². The highest BCUT2D eigenvalue weighted by atomic mass is 19.1. The number of carbonyl (C=O) groups is 1. The highest BCUT2D eigenvalue weighted by Gasteiger charge is 2.27. The number of anilines is 1. The molecule has 1 fully saturated rings. The van der Waals surface area contributed by atoms with Crippen LogP contribution < -0.4 is 10.6 Å². The van der Waals surface area contributed by atoms with Gasteiger partial charge in [0.25, 0.3) is 11.6 Å². The summed E-state index contributed by atoms with van der Waals surface area (Å²) < 4.78 is 14.8. The zero-order valence-electron chi connectivity index (χ0n) is 16.0. The van der Waals surface area contributed by atoms with Crippen LogP contribution in [0.25, 0.3) is 5.69 Å². The molecule has 1 saturated heterocycles. The first-order chi connectivity index (χ1) is 14.5. The van der Waals surface area contributed by atoms with Crippen LogP contribution in [0.15, 0.2) is 54.7 Å². The minimum atomic E-state index is -0.456.